The summed E-state index contributed by atoms with van der Waals surface area (Å²) in [5, 5.41) is 11.5. The summed E-state index contributed by atoms with van der Waals surface area (Å²) in [7, 11) is 0. The third kappa shape index (κ3) is 4.44. The number of carboxylic acid groups (broad SMARTS) is 1. The third-order valence-corrected chi connectivity index (χ3v) is 5.14. The highest BCUT2D eigenvalue weighted by molar-refractivity contribution is 6.02. The predicted molar refractivity (Wildman–Crippen MR) is 95.1 cm³/mol. The van der Waals surface area contributed by atoms with Crippen LogP contribution in [0.1, 0.15) is 52.0 Å². The van der Waals surface area contributed by atoms with Gasteiger partial charge in [0.2, 0.25) is 0 Å². The minimum absolute atomic E-state index is 0.0253. The quantitative estimate of drug-likeness (QED) is 0.556. The van der Waals surface area contributed by atoms with Crippen molar-refractivity contribution in [1.29, 1.82) is 0 Å². The van der Waals surface area contributed by atoms with Gasteiger partial charge in [-0.25, -0.2) is 4.79 Å². The molecule has 0 unspecified atom stereocenters. The number of carbonyl (C=O) groups excluding carboxylic acids is 3. The molecule has 0 aromatic heterocycles. The lowest BCUT2D eigenvalue weighted by atomic mass is 9.89. The van der Waals surface area contributed by atoms with Crippen LogP contribution in [-0.4, -0.2) is 52.3 Å². The molecule has 0 radical (unpaired) electrons. The first kappa shape index (κ1) is 20.5. The number of carbonyl (C=O) groups is 4. The number of benzene rings is 1. The van der Waals surface area contributed by atoms with Crippen LogP contribution in [-0.2, 0) is 11.3 Å². The van der Waals surface area contributed by atoms with Crippen molar-refractivity contribution in [1.82, 2.24) is 21.1 Å². The Hall–Kier alpha value is -3.24. The zero-order valence-electron chi connectivity index (χ0n) is 15.3. The van der Waals surface area contributed by atoms with E-state index in [4.69, 9.17) is 5.11 Å². The van der Waals surface area contributed by atoms with E-state index >= 15 is 0 Å². The molecular weight excluding hydrogens is 390 g/mol. The number of amides is 4. The maximum Gasteiger partial charge on any atom is 0.404 e. The normalized spacial score (nSPS) is 20.9. The zero-order chi connectivity index (χ0) is 21.1. The summed E-state index contributed by atoms with van der Waals surface area (Å²) in [4.78, 5) is 48.5. The maximum atomic E-state index is 12.9. The number of rotatable bonds is 4. The Balaban J connectivity index is 1.73. The van der Waals surface area contributed by atoms with Gasteiger partial charge in [0.05, 0.1) is 12.1 Å². The minimum atomic E-state index is -3.27. The van der Waals surface area contributed by atoms with Gasteiger partial charge in [-0.15, -0.1) is 0 Å². The standard InChI is InChI=1S/C18H20F2N4O5/c19-14(20)16(26)23-22-15(25)9-5-6-10-8-24(17(27)11(10)7-9)13-4-2-1-3-12(13)21-18(28)29/h5-7,12-14,21H,1-4,8H2,(H,22,25)(H,23,26)(H,28,29)/t12-,13-/m1/s1. The lowest BCUT2D eigenvalue weighted by molar-refractivity contribution is -0.132. The zero-order valence-corrected chi connectivity index (χ0v) is 15.3. The molecule has 2 atom stereocenters. The van der Waals surface area contributed by atoms with E-state index in [1.807, 2.05) is 5.43 Å². The van der Waals surface area contributed by atoms with Gasteiger partial charge in [0.25, 0.3) is 11.8 Å². The Morgan fingerprint density at radius 3 is 2.55 bits per heavy atom. The highest BCUT2D eigenvalue weighted by Gasteiger charge is 2.38. The van der Waals surface area contributed by atoms with Gasteiger partial charge in [0.15, 0.2) is 0 Å². The fraction of sp³-hybridized carbons (Fsp3) is 0.444. The van der Waals surface area contributed by atoms with Gasteiger partial charge in [0.1, 0.15) is 0 Å². The molecule has 156 valence electrons. The first-order chi connectivity index (χ1) is 13.8. The minimum Gasteiger partial charge on any atom is -0.465 e. The summed E-state index contributed by atoms with van der Waals surface area (Å²) in [6.45, 7) is 0.292. The van der Waals surface area contributed by atoms with E-state index in [1.54, 1.807) is 16.4 Å². The predicted octanol–water partition coefficient (Wildman–Crippen LogP) is 1.25. The van der Waals surface area contributed by atoms with Crippen LogP contribution >= 0.6 is 0 Å². The molecule has 1 fully saturated rings. The van der Waals surface area contributed by atoms with Crippen molar-refractivity contribution in [2.45, 2.75) is 50.7 Å². The second-order valence-electron chi connectivity index (χ2n) is 6.96. The molecule has 1 saturated carbocycles. The molecule has 11 heteroatoms. The Bertz CT molecular complexity index is 848. The number of hydrazine groups is 1. The van der Waals surface area contributed by atoms with Crippen LogP contribution in [0.4, 0.5) is 13.6 Å². The summed E-state index contributed by atoms with van der Waals surface area (Å²) >= 11 is 0. The summed E-state index contributed by atoms with van der Waals surface area (Å²) < 4.78 is 24.4. The van der Waals surface area contributed by atoms with Gasteiger partial charge in [-0.1, -0.05) is 18.9 Å². The molecule has 29 heavy (non-hydrogen) atoms. The number of hydrogen-bond donors (Lipinski definition) is 4. The number of hydrogen-bond acceptors (Lipinski definition) is 4. The fourth-order valence-corrected chi connectivity index (χ4v) is 3.79. The van der Waals surface area contributed by atoms with E-state index in [1.165, 1.54) is 12.1 Å². The molecule has 4 amide bonds. The summed E-state index contributed by atoms with van der Waals surface area (Å²) in [5.41, 5.74) is 4.46. The smallest absolute Gasteiger partial charge is 0.404 e. The summed E-state index contributed by atoms with van der Waals surface area (Å²) in [6.07, 6.45) is -1.37. The van der Waals surface area contributed by atoms with Gasteiger partial charge in [-0.3, -0.25) is 25.2 Å². The Labute approximate surface area is 164 Å². The first-order valence-electron chi connectivity index (χ1n) is 9.09. The largest absolute Gasteiger partial charge is 0.465 e. The lowest BCUT2D eigenvalue weighted by Gasteiger charge is -2.37. The van der Waals surface area contributed by atoms with E-state index in [-0.39, 0.29) is 29.1 Å². The molecule has 1 aromatic carbocycles. The molecule has 1 aliphatic carbocycles. The second-order valence-corrected chi connectivity index (χ2v) is 6.96. The molecule has 0 bridgehead atoms. The number of nitrogens with zero attached hydrogens (tertiary/aromatic N) is 1. The Kier molecular flexibility index (Phi) is 5.95. The van der Waals surface area contributed by atoms with Crippen LogP contribution in [0.25, 0.3) is 0 Å². The van der Waals surface area contributed by atoms with Crippen LogP contribution in [0.2, 0.25) is 0 Å². The maximum absolute atomic E-state index is 12.9. The number of alkyl halides is 2. The SMILES string of the molecule is O=C(O)N[C@@H]1CCCC[C@H]1N1Cc2ccc(C(=O)NNC(=O)C(F)F)cc2C1=O. The van der Waals surface area contributed by atoms with Gasteiger partial charge >= 0.3 is 18.4 Å². The van der Waals surface area contributed by atoms with Gasteiger partial charge in [-0.2, -0.15) is 8.78 Å². The van der Waals surface area contributed by atoms with Gasteiger partial charge in [-0.05, 0) is 30.5 Å². The van der Waals surface area contributed by atoms with E-state index in [0.29, 0.717) is 24.9 Å². The Morgan fingerprint density at radius 2 is 1.86 bits per heavy atom. The van der Waals surface area contributed by atoms with E-state index in [9.17, 15) is 28.0 Å². The number of nitrogens with one attached hydrogen (secondary N) is 3. The van der Waals surface area contributed by atoms with Crippen molar-refractivity contribution in [3.05, 3.63) is 34.9 Å². The van der Waals surface area contributed by atoms with Crippen molar-refractivity contribution in [3.8, 4) is 0 Å². The summed E-state index contributed by atoms with van der Waals surface area (Å²) in [6, 6.07) is 3.69. The van der Waals surface area contributed by atoms with Crippen molar-refractivity contribution < 1.29 is 33.1 Å². The molecule has 0 spiro atoms. The van der Waals surface area contributed by atoms with Crippen LogP contribution in [0, 0.1) is 0 Å². The molecule has 0 saturated heterocycles. The summed E-state index contributed by atoms with van der Waals surface area (Å²) in [5.74, 6) is -2.80. The van der Waals surface area contributed by atoms with Crippen molar-refractivity contribution >= 4 is 23.8 Å². The molecule has 4 N–H and O–H groups in total. The lowest BCUT2D eigenvalue weighted by Crippen LogP contribution is -2.53. The second kappa shape index (κ2) is 8.41. The van der Waals surface area contributed by atoms with Gasteiger partial charge < -0.3 is 15.3 Å². The van der Waals surface area contributed by atoms with E-state index < -0.39 is 24.3 Å². The third-order valence-electron chi connectivity index (χ3n) is 5.14. The van der Waals surface area contributed by atoms with Crippen LogP contribution in [0.5, 0.6) is 0 Å². The highest BCUT2D eigenvalue weighted by Crippen LogP contribution is 2.31. The van der Waals surface area contributed by atoms with E-state index in [2.05, 4.69) is 5.32 Å². The first-order valence-corrected chi connectivity index (χ1v) is 9.09. The molecule has 1 heterocycles. The molecule has 9 nitrogen and oxygen atoms in total. The Morgan fingerprint density at radius 1 is 1.14 bits per heavy atom. The van der Waals surface area contributed by atoms with Crippen molar-refractivity contribution in [2.75, 3.05) is 0 Å². The van der Waals surface area contributed by atoms with Crippen LogP contribution < -0.4 is 16.2 Å². The topological polar surface area (TPSA) is 128 Å². The monoisotopic (exact) mass is 410 g/mol. The van der Waals surface area contributed by atoms with Crippen molar-refractivity contribution in [3.63, 3.8) is 0 Å². The fourth-order valence-electron chi connectivity index (χ4n) is 3.79. The van der Waals surface area contributed by atoms with Gasteiger partial charge in [0, 0.05) is 17.7 Å². The average Bonchev–Trinajstić information content (AvgIpc) is 3.01. The number of halogens is 2. The number of fused-ring (bicyclic) bond motifs is 1. The van der Waals surface area contributed by atoms with E-state index in [0.717, 1.165) is 12.8 Å². The van der Waals surface area contributed by atoms with Crippen LogP contribution in [0.3, 0.4) is 0 Å². The highest BCUT2D eigenvalue weighted by atomic mass is 19.3. The van der Waals surface area contributed by atoms with Crippen molar-refractivity contribution in [2.24, 2.45) is 0 Å². The average molecular weight is 410 g/mol. The molecule has 3 rings (SSSR count). The molecule has 1 aromatic rings. The molecular formula is C18H20F2N4O5. The van der Waals surface area contributed by atoms with Crippen LogP contribution in [0.15, 0.2) is 18.2 Å². The molecule has 1 aliphatic heterocycles. The molecule has 2 aliphatic rings.